The van der Waals surface area contributed by atoms with Crippen molar-refractivity contribution in [2.45, 2.75) is 6.04 Å². The lowest BCUT2D eigenvalue weighted by atomic mass is 9.99. The molecule has 5 rings (SSSR count). The van der Waals surface area contributed by atoms with Gasteiger partial charge in [-0.25, -0.2) is 4.68 Å². The number of allylic oxidation sites excluding steroid dienone is 1. The Labute approximate surface area is 168 Å². The molecule has 0 fully saturated rings. The minimum absolute atomic E-state index is 0.0418. The first-order valence-electron chi connectivity index (χ1n) is 9.07. The third kappa shape index (κ3) is 3.08. The van der Waals surface area contributed by atoms with Crippen molar-refractivity contribution in [3.05, 3.63) is 107 Å². The molecule has 1 N–H and O–H groups in total. The molecule has 1 aliphatic heterocycles. The van der Waals surface area contributed by atoms with E-state index in [1.807, 2.05) is 35.0 Å². The van der Waals surface area contributed by atoms with Crippen LogP contribution < -0.4 is 5.32 Å². The van der Waals surface area contributed by atoms with Crippen molar-refractivity contribution < 1.29 is 0 Å². The third-order valence-corrected chi connectivity index (χ3v) is 5.17. The van der Waals surface area contributed by atoms with Crippen LogP contribution in [0, 0.1) is 0 Å². The van der Waals surface area contributed by atoms with Gasteiger partial charge in [-0.1, -0.05) is 78.3 Å². The number of halogens is 1. The van der Waals surface area contributed by atoms with Gasteiger partial charge >= 0.3 is 0 Å². The molecule has 0 spiro atoms. The summed E-state index contributed by atoms with van der Waals surface area (Å²) < 4.78 is 1.88. The molecular formula is C23H17ClN4. The molecule has 0 amide bonds. The molecule has 0 saturated heterocycles. The fraction of sp³-hybridized carbons (Fsp3) is 0.0435. The van der Waals surface area contributed by atoms with Gasteiger partial charge in [0.15, 0.2) is 0 Å². The summed E-state index contributed by atoms with van der Waals surface area (Å²) in [6.07, 6.45) is 3.74. The summed E-state index contributed by atoms with van der Waals surface area (Å²) in [7, 11) is 0. The molecule has 3 aromatic carbocycles. The van der Waals surface area contributed by atoms with Crippen LogP contribution in [0.1, 0.15) is 17.2 Å². The van der Waals surface area contributed by atoms with E-state index >= 15 is 0 Å². The normalized spacial score (nSPS) is 15.5. The summed E-state index contributed by atoms with van der Waals surface area (Å²) in [6, 6.07) is 26.7. The molecule has 4 nitrogen and oxygen atoms in total. The first-order valence-corrected chi connectivity index (χ1v) is 9.45. The van der Waals surface area contributed by atoms with E-state index in [1.165, 1.54) is 11.1 Å². The molecule has 0 saturated carbocycles. The second-order valence-corrected chi connectivity index (χ2v) is 7.11. The number of fused-ring (bicyclic) bond motifs is 1. The van der Waals surface area contributed by atoms with Crippen LogP contribution in [0.4, 0.5) is 5.95 Å². The predicted octanol–water partition coefficient (Wildman–Crippen LogP) is 5.65. The Hall–Kier alpha value is -3.37. The molecule has 1 unspecified atom stereocenters. The molecule has 0 bridgehead atoms. The molecule has 28 heavy (non-hydrogen) atoms. The summed E-state index contributed by atoms with van der Waals surface area (Å²) >= 11 is 6.06. The molecule has 0 aliphatic carbocycles. The summed E-state index contributed by atoms with van der Waals surface area (Å²) in [5, 5.41) is 8.49. The zero-order valence-corrected chi connectivity index (χ0v) is 15.7. The highest BCUT2D eigenvalue weighted by Gasteiger charge is 2.23. The van der Waals surface area contributed by atoms with Crippen molar-refractivity contribution in [2.75, 3.05) is 5.32 Å². The van der Waals surface area contributed by atoms with E-state index in [9.17, 15) is 0 Å². The highest BCUT2D eigenvalue weighted by Crippen LogP contribution is 2.33. The van der Waals surface area contributed by atoms with Crippen LogP contribution in [0.15, 0.2) is 91.3 Å². The number of benzene rings is 3. The van der Waals surface area contributed by atoms with E-state index in [-0.39, 0.29) is 6.04 Å². The van der Waals surface area contributed by atoms with Crippen LogP contribution in [0.3, 0.4) is 0 Å². The number of nitrogens with one attached hydrogen (secondary N) is 1. The zero-order valence-electron chi connectivity index (χ0n) is 15.0. The minimum Gasteiger partial charge on any atom is -0.324 e. The molecule has 5 heteroatoms. The largest absolute Gasteiger partial charge is 0.324 e. The van der Waals surface area contributed by atoms with Gasteiger partial charge in [0.05, 0.1) is 0 Å². The quantitative estimate of drug-likeness (QED) is 0.496. The van der Waals surface area contributed by atoms with Crippen LogP contribution in [0.2, 0.25) is 5.02 Å². The monoisotopic (exact) mass is 384 g/mol. The van der Waals surface area contributed by atoms with Gasteiger partial charge in [0.2, 0.25) is 5.95 Å². The summed E-state index contributed by atoms with van der Waals surface area (Å²) in [4.78, 5) is 4.36. The van der Waals surface area contributed by atoms with Crippen molar-refractivity contribution in [2.24, 2.45) is 0 Å². The molecule has 1 aliphatic rings. The van der Waals surface area contributed by atoms with Gasteiger partial charge in [-0.3, -0.25) is 0 Å². The average Bonchev–Trinajstić information content (AvgIpc) is 3.23. The Morgan fingerprint density at radius 1 is 0.786 bits per heavy atom. The highest BCUT2D eigenvalue weighted by molar-refractivity contribution is 6.30. The number of hydrogen-bond donors (Lipinski definition) is 1. The van der Waals surface area contributed by atoms with Crippen molar-refractivity contribution >= 4 is 23.2 Å². The Morgan fingerprint density at radius 3 is 2.21 bits per heavy atom. The first-order chi connectivity index (χ1) is 13.8. The highest BCUT2D eigenvalue weighted by atomic mass is 35.5. The van der Waals surface area contributed by atoms with Gasteiger partial charge in [0.1, 0.15) is 12.4 Å². The van der Waals surface area contributed by atoms with Crippen molar-refractivity contribution in [1.82, 2.24) is 14.8 Å². The predicted molar refractivity (Wildman–Crippen MR) is 113 cm³/mol. The topological polar surface area (TPSA) is 42.7 Å². The van der Waals surface area contributed by atoms with Crippen molar-refractivity contribution in [3.63, 3.8) is 0 Å². The Balaban J connectivity index is 1.52. The fourth-order valence-corrected chi connectivity index (χ4v) is 3.60. The van der Waals surface area contributed by atoms with Crippen LogP contribution >= 0.6 is 11.6 Å². The van der Waals surface area contributed by atoms with Crippen molar-refractivity contribution in [1.29, 1.82) is 0 Å². The second kappa shape index (κ2) is 6.98. The molecule has 136 valence electrons. The number of anilines is 1. The van der Waals surface area contributed by atoms with Gasteiger partial charge in [-0.2, -0.15) is 10.1 Å². The lowest BCUT2D eigenvalue weighted by Crippen LogP contribution is -2.20. The fourth-order valence-electron chi connectivity index (χ4n) is 3.47. The molecular weight excluding hydrogens is 368 g/mol. The SMILES string of the molecule is Clc1ccc(C2C=C(c3ccc(-c4ccccc4)cc3)Nc3ncnn32)cc1. The van der Waals surface area contributed by atoms with Gasteiger partial charge in [0.25, 0.3) is 0 Å². The van der Waals surface area contributed by atoms with Gasteiger partial charge in [0, 0.05) is 10.7 Å². The number of hydrogen-bond acceptors (Lipinski definition) is 3. The first kappa shape index (κ1) is 16.8. The van der Waals surface area contributed by atoms with Gasteiger partial charge in [-0.15, -0.1) is 0 Å². The summed E-state index contributed by atoms with van der Waals surface area (Å²) in [6.45, 7) is 0. The average molecular weight is 385 g/mol. The van der Waals surface area contributed by atoms with E-state index in [4.69, 9.17) is 11.6 Å². The maximum atomic E-state index is 6.06. The third-order valence-electron chi connectivity index (χ3n) is 4.92. The second-order valence-electron chi connectivity index (χ2n) is 6.67. The maximum absolute atomic E-state index is 6.06. The number of nitrogens with zero attached hydrogens (tertiary/aromatic N) is 3. The number of rotatable bonds is 3. The minimum atomic E-state index is -0.0418. The molecule has 0 radical (unpaired) electrons. The standard InChI is InChI=1S/C23H17ClN4/c24-20-12-10-19(11-13-20)22-14-21(27-23-25-15-26-28(22)23)18-8-6-17(7-9-18)16-4-2-1-3-5-16/h1-15,22H,(H,25,26,27). The summed E-state index contributed by atoms with van der Waals surface area (Å²) in [5.74, 6) is 0.726. The summed E-state index contributed by atoms with van der Waals surface area (Å²) in [5.41, 5.74) is 5.63. The molecule has 1 atom stereocenters. The Kier molecular flexibility index (Phi) is 4.18. The zero-order chi connectivity index (χ0) is 18.9. The molecule has 2 heterocycles. The lowest BCUT2D eigenvalue weighted by Gasteiger charge is -2.24. The van der Waals surface area contributed by atoms with Gasteiger partial charge in [-0.05, 0) is 40.5 Å². The maximum Gasteiger partial charge on any atom is 0.226 e. The number of aromatic nitrogens is 3. The molecule has 4 aromatic rings. The Morgan fingerprint density at radius 2 is 1.46 bits per heavy atom. The van der Waals surface area contributed by atoms with Gasteiger partial charge < -0.3 is 5.32 Å². The van der Waals surface area contributed by atoms with Crippen molar-refractivity contribution in [3.8, 4) is 11.1 Å². The Bertz CT molecular complexity index is 1130. The van der Waals surface area contributed by atoms with Crippen LogP contribution in [-0.2, 0) is 0 Å². The van der Waals surface area contributed by atoms with Crippen LogP contribution in [0.5, 0.6) is 0 Å². The van der Waals surface area contributed by atoms with E-state index in [0.29, 0.717) is 0 Å². The van der Waals surface area contributed by atoms with E-state index in [1.54, 1.807) is 6.33 Å². The van der Waals surface area contributed by atoms with E-state index in [0.717, 1.165) is 27.8 Å². The smallest absolute Gasteiger partial charge is 0.226 e. The van der Waals surface area contributed by atoms with E-state index in [2.05, 4.69) is 70.0 Å². The lowest BCUT2D eigenvalue weighted by molar-refractivity contribution is 0.612. The van der Waals surface area contributed by atoms with E-state index < -0.39 is 0 Å². The van der Waals surface area contributed by atoms with Crippen LogP contribution in [-0.4, -0.2) is 14.8 Å². The van der Waals surface area contributed by atoms with Crippen LogP contribution in [0.25, 0.3) is 16.8 Å². The molecule has 1 aromatic heterocycles.